The molecule has 0 bridgehead atoms. The molecule has 0 saturated carbocycles. The smallest absolute Gasteiger partial charge is 0.231 e. The number of benzene rings is 1. The van der Waals surface area contributed by atoms with Crippen LogP contribution in [0.2, 0.25) is 0 Å². The fourth-order valence-corrected chi connectivity index (χ4v) is 3.02. The van der Waals surface area contributed by atoms with E-state index in [0.717, 1.165) is 11.1 Å². The molecule has 2 rings (SSSR count). The van der Waals surface area contributed by atoms with Crippen LogP contribution >= 0.6 is 15.9 Å². The first-order valence-corrected chi connectivity index (χ1v) is 8.10. The number of methoxy groups -OCH3 is 1. The third-order valence-corrected chi connectivity index (χ3v) is 4.88. The largest absolute Gasteiger partial charge is 0.454 e. The van der Waals surface area contributed by atoms with Gasteiger partial charge >= 0.3 is 0 Å². The Morgan fingerprint density at radius 3 is 2.48 bits per heavy atom. The molecule has 118 valence electrons. The van der Waals surface area contributed by atoms with Gasteiger partial charge in [0.15, 0.2) is 11.5 Å². The van der Waals surface area contributed by atoms with Crippen LogP contribution in [0.5, 0.6) is 11.5 Å². The average Bonchev–Trinajstić information content (AvgIpc) is 2.86. The van der Waals surface area contributed by atoms with Crippen LogP contribution in [-0.4, -0.2) is 24.3 Å². The third-order valence-electron chi connectivity index (χ3n) is 4.29. The maximum Gasteiger partial charge on any atom is 0.231 e. The van der Waals surface area contributed by atoms with Crippen molar-refractivity contribution in [2.45, 2.75) is 39.4 Å². The Hall–Kier alpha value is -0.780. The molecule has 1 heterocycles. The van der Waals surface area contributed by atoms with E-state index in [4.69, 9.17) is 14.2 Å². The van der Waals surface area contributed by atoms with Gasteiger partial charge in [0.1, 0.15) is 0 Å². The summed E-state index contributed by atoms with van der Waals surface area (Å²) in [4.78, 5) is 0. The van der Waals surface area contributed by atoms with E-state index in [9.17, 15) is 5.11 Å². The molecule has 2 unspecified atom stereocenters. The summed E-state index contributed by atoms with van der Waals surface area (Å²) >= 11 is 3.47. The number of halogens is 1. The van der Waals surface area contributed by atoms with Gasteiger partial charge in [-0.25, -0.2) is 0 Å². The summed E-state index contributed by atoms with van der Waals surface area (Å²) in [5, 5.41) is 11.8. The Morgan fingerprint density at radius 1 is 1.29 bits per heavy atom. The van der Waals surface area contributed by atoms with Crippen LogP contribution in [0.3, 0.4) is 0 Å². The minimum Gasteiger partial charge on any atom is -0.454 e. The highest BCUT2D eigenvalue weighted by Gasteiger charge is 2.43. The first-order chi connectivity index (χ1) is 9.74. The summed E-state index contributed by atoms with van der Waals surface area (Å²) in [6, 6.07) is 3.81. The molecule has 1 aromatic carbocycles. The Bertz CT molecular complexity index is 516. The minimum atomic E-state index is -1.08. The lowest BCUT2D eigenvalue weighted by molar-refractivity contribution is -0.0510. The van der Waals surface area contributed by atoms with Crippen LogP contribution in [0.4, 0.5) is 0 Å². The van der Waals surface area contributed by atoms with Crippen molar-refractivity contribution in [1.29, 1.82) is 0 Å². The van der Waals surface area contributed by atoms with Crippen LogP contribution in [-0.2, 0) is 10.3 Å². The Balaban J connectivity index is 2.69. The van der Waals surface area contributed by atoms with Gasteiger partial charge in [0.25, 0.3) is 0 Å². The predicted octanol–water partition coefficient (Wildman–Crippen LogP) is 3.75. The summed E-state index contributed by atoms with van der Waals surface area (Å²) in [5.74, 6) is 1.29. The first kappa shape index (κ1) is 16.6. The summed E-state index contributed by atoms with van der Waals surface area (Å²) in [5.41, 5.74) is 0.211. The van der Waals surface area contributed by atoms with Gasteiger partial charge in [-0.15, -0.1) is 0 Å². The third kappa shape index (κ3) is 2.79. The molecular formula is C16H23BrO4. The summed E-state index contributed by atoms with van der Waals surface area (Å²) in [6.07, 6.45) is -0.164. The minimum absolute atomic E-state index is 0.164. The highest BCUT2D eigenvalue weighted by Crippen LogP contribution is 2.50. The molecule has 0 saturated heterocycles. The van der Waals surface area contributed by atoms with E-state index >= 15 is 0 Å². The van der Waals surface area contributed by atoms with Gasteiger partial charge in [0, 0.05) is 18.0 Å². The van der Waals surface area contributed by atoms with Gasteiger partial charge in [-0.1, -0.05) is 42.8 Å². The normalized spacial score (nSPS) is 18.4. The van der Waals surface area contributed by atoms with Crippen molar-refractivity contribution in [3.8, 4) is 11.5 Å². The van der Waals surface area contributed by atoms with Crippen LogP contribution < -0.4 is 9.47 Å². The number of hydrogen-bond donors (Lipinski definition) is 1. The maximum atomic E-state index is 11.2. The van der Waals surface area contributed by atoms with Crippen LogP contribution in [0.1, 0.15) is 44.9 Å². The molecule has 0 aromatic heterocycles. The highest BCUT2D eigenvalue weighted by atomic mass is 79.9. The standard InChI is InChI=1S/C16H23BrO4/c1-15(2,3)16(4,18)13-10(12(8-17)19-5)6-7-11-14(13)21-9-20-11/h6-7,12,18H,8-9H2,1-5H3. The molecule has 1 aliphatic rings. The molecule has 0 radical (unpaired) electrons. The second kappa shape index (κ2) is 5.78. The predicted molar refractivity (Wildman–Crippen MR) is 85.1 cm³/mol. The van der Waals surface area contributed by atoms with E-state index in [1.807, 2.05) is 39.8 Å². The van der Waals surface area contributed by atoms with Crippen molar-refractivity contribution in [2.24, 2.45) is 5.41 Å². The van der Waals surface area contributed by atoms with Crippen molar-refractivity contribution in [3.63, 3.8) is 0 Å². The van der Waals surface area contributed by atoms with Gasteiger partial charge in [0.2, 0.25) is 6.79 Å². The number of fused-ring (bicyclic) bond motifs is 1. The van der Waals surface area contributed by atoms with Gasteiger partial charge in [-0.05, 0) is 24.0 Å². The van der Waals surface area contributed by atoms with E-state index in [1.165, 1.54) is 0 Å². The topological polar surface area (TPSA) is 47.9 Å². The molecule has 2 atom stereocenters. The average molecular weight is 359 g/mol. The summed E-state index contributed by atoms with van der Waals surface area (Å²) in [7, 11) is 1.66. The molecule has 5 heteroatoms. The zero-order valence-electron chi connectivity index (χ0n) is 13.2. The zero-order chi connectivity index (χ0) is 15.8. The quantitative estimate of drug-likeness (QED) is 0.832. The van der Waals surface area contributed by atoms with Crippen LogP contribution in [0, 0.1) is 5.41 Å². The van der Waals surface area contributed by atoms with Gasteiger partial charge in [-0.2, -0.15) is 0 Å². The van der Waals surface area contributed by atoms with Crippen molar-refractivity contribution in [2.75, 3.05) is 19.2 Å². The molecule has 4 nitrogen and oxygen atoms in total. The molecule has 0 spiro atoms. The van der Waals surface area contributed by atoms with Crippen LogP contribution in [0.15, 0.2) is 12.1 Å². The van der Waals surface area contributed by atoms with Crippen molar-refractivity contribution < 1.29 is 19.3 Å². The second-order valence-electron chi connectivity index (χ2n) is 6.46. The van der Waals surface area contributed by atoms with E-state index in [1.54, 1.807) is 7.11 Å². The lowest BCUT2D eigenvalue weighted by Crippen LogP contribution is -2.38. The maximum absolute atomic E-state index is 11.2. The molecule has 1 N–H and O–H groups in total. The lowest BCUT2D eigenvalue weighted by atomic mass is 9.71. The van der Waals surface area contributed by atoms with Gasteiger partial charge in [-0.3, -0.25) is 0 Å². The zero-order valence-corrected chi connectivity index (χ0v) is 14.8. The molecule has 0 aliphatic carbocycles. The fraction of sp³-hybridized carbons (Fsp3) is 0.625. The molecular weight excluding hydrogens is 336 g/mol. The number of ether oxygens (including phenoxy) is 3. The van der Waals surface area contributed by atoms with E-state index in [-0.39, 0.29) is 18.3 Å². The summed E-state index contributed by atoms with van der Waals surface area (Å²) in [6.45, 7) is 8.00. The SMILES string of the molecule is COC(CBr)c1ccc2c(c1C(C)(O)C(C)(C)C)OCO2. The van der Waals surface area contributed by atoms with Crippen molar-refractivity contribution in [1.82, 2.24) is 0 Å². The molecule has 1 aliphatic heterocycles. The molecule has 21 heavy (non-hydrogen) atoms. The van der Waals surface area contributed by atoms with Crippen LogP contribution in [0.25, 0.3) is 0 Å². The molecule has 0 amide bonds. The van der Waals surface area contributed by atoms with Gasteiger partial charge in [0.05, 0.1) is 11.7 Å². The van der Waals surface area contributed by atoms with Crippen molar-refractivity contribution in [3.05, 3.63) is 23.3 Å². The monoisotopic (exact) mass is 358 g/mol. The second-order valence-corrected chi connectivity index (χ2v) is 7.11. The lowest BCUT2D eigenvalue weighted by Gasteiger charge is -2.40. The Morgan fingerprint density at radius 2 is 1.95 bits per heavy atom. The Kier molecular flexibility index (Phi) is 4.57. The van der Waals surface area contributed by atoms with E-state index in [2.05, 4.69) is 15.9 Å². The number of hydrogen-bond acceptors (Lipinski definition) is 4. The number of alkyl halides is 1. The number of rotatable bonds is 4. The number of aliphatic hydroxyl groups is 1. The fourth-order valence-electron chi connectivity index (χ4n) is 2.41. The first-order valence-electron chi connectivity index (χ1n) is 6.98. The van der Waals surface area contributed by atoms with Gasteiger partial charge < -0.3 is 19.3 Å². The van der Waals surface area contributed by atoms with E-state index in [0.29, 0.717) is 16.8 Å². The molecule has 1 aromatic rings. The highest BCUT2D eigenvalue weighted by molar-refractivity contribution is 9.09. The summed E-state index contributed by atoms with van der Waals surface area (Å²) < 4.78 is 16.6. The van der Waals surface area contributed by atoms with E-state index < -0.39 is 5.60 Å². The van der Waals surface area contributed by atoms with Crippen molar-refractivity contribution >= 4 is 15.9 Å². The molecule has 0 fully saturated rings. The Labute approximate surface area is 134 Å².